The number of aliphatic carboxylic acids is 1. The van der Waals surface area contributed by atoms with Crippen molar-refractivity contribution in [2.45, 2.75) is 77.7 Å². The number of hydrogen-bond donors (Lipinski definition) is 4. The number of amides is 2. The zero-order valence-electron chi connectivity index (χ0n) is 23.1. The van der Waals surface area contributed by atoms with Gasteiger partial charge in [-0.1, -0.05) is 24.3 Å². The third-order valence-electron chi connectivity index (χ3n) is 4.68. The van der Waals surface area contributed by atoms with Crippen molar-refractivity contribution in [3.05, 3.63) is 71.3 Å². The highest BCUT2D eigenvalue weighted by Gasteiger charge is 2.24. The van der Waals surface area contributed by atoms with Gasteiger partial charge in [-0.05, 0) is 83.4 Å². The summed E-state index contributed by atoms with van der Waals surface area (Å²) in [6.45, 7) is 10.1. The molecule has 0 unspecified atom stereocenters. The van der Waals surface area contributed by atoms with Gasteiger partial charge in [0.2, 0.25) is 0 Å². The Labute approximate surface area is 227 Å². The normalized spacial score (nSPS) is 12.7. The second-order valence-corrected chi connectivity index (χ2v) is 10.7. The van der Waals surface area contributed by atoms with Crippen molar-refractivity contribution >= 4 is 18.2 Å². The number of ether oxygens (including phenoxy) is 2. The highest BCUT2D eigenvalue weighted by molar-refractivity contribution is 5.80. The molecule has 2 atom stereocenters. The zero-order valence-corrected chi connectivity index (χ0v) is 23.1. The molecule has 2 rings (SSSR count). The minimum atomic E-state index is -1.18. The average molecular weight is 553 g/mol. The predicted octanol–water partition coefficient (Wildman–Crippen LogP) is 4.60. The molecule has 216 valence electrons. The number of alkyl carbamates (subject to hydrolysis) is 2. The maximum Gasteiger partial charge on any atom is 0.408 e. The van der Waals surface area contributed by atoms with E-state index in [0.29, 0.717) is 12.0 Å². The van der Waals surface area contributed by atoms with Gasteiger partial charge in [0.25, 0.3) is 0 Å². The van der Waals surface area contributed by atoms with Gasteiger partial charge in [-0.25, -0.2) is 23.2 Å². The molecule has 2 aromatic rings. The van der Waals surface area contributed by atoms with Crippen molar-refractivity contribution < 1.29 is 42.9 Å². The fraction of sp³-hybridized carbons (Fsp3) is 0.464. The third-order valence-corrected chi connectivity index (χ3v) is 4.68. The van der Waals surface area contributed by atoms with Crippen LogP contribution in [0.4, 0.5) is 18.4 Å². The first-order chi connectivity index (χ1) is 18.0. The summed E-state index contributed by atoms with van der Waals surface area (Å²) in [6, 6.07) is 9.77. The van der Waals surface area contributed by atoms with Crippen LogP contribution in [0.25, 0.3) is 0 Å². The molecular weight excluding hydrogens is 514 g/mol. The molecule has 0 heterocycles. The SMILES string of the molecule is CC(C)(C)OC(=O)N[C@@H](Cc1ccc(F)cc1)C(=O)O.CC(C)(C)OC(=O)N[C@H](CO)Cc1ccc(F)cc1. The summed E-state index contributed by atoms with van der Waals surface area (Å²) in [5, 5.41) is 23.2. The molecule has 0 bridgehead atoms. The van der Waals surface area contributed by atoms with E-state index in [1.807, 2.05) is 0 Å². The van der Waals surface area contributed by atoms with Crippen LogP contribution in [0.2, 0.25) is 0 Å². The number of benzene rings is 2. The van der Waals surface area contributed by atoms with Gasteiger partial charge in [-0.2, -0.15) is 0 Å². The number of carbonyl (C=O) groups is 3. The van der Waals surface area contributed by atoms with Crippen LogP contribution in [0.3, 0.4) is 0 Å². The Morgan fingerprint density at radius 1 is 0.744 bits per heavy atom. The summed E-state index contributed by atoms with van der Waals surface area (Å²) in [5.41, 5.74) is 0.148. The first-order valence-electron chi connectivity index (χ1n) is 12.3. The molecule has 0 aliphatic rings. The lowest BCUT2D eigenvalue weighted by Crippen LogP contribution is -2.44. The average Bonchev–Trinajstić information content (AvgIpc) is 2.79. The number of carboxylic acid groups (broad SMARTS) is 1. The van der Waals surface area contributed by atoms with E-state index in [1.54, 1.807) is 53.7 Å². The zero-order chi connectivity index (χ0) is 29.8. The fourth-order valence-electron chi connectivity index (χ4n) is 3.05. The molecule has 0 aliphatic heterocycles. The lowest BCUT2D eigenvalue weighted by atomic mass is 10.1. The maximum absolute atomic E-state index is 12.8. The molecule has 4 N–H and O–H groups in total. The topological polar surface area (TPSA) is 134 Å². The van der Waals surface area contributed by atoms with Crippen molar-refractivity contribution in [1.82, 2.24) is 10.6 Å². The molecule has 0 fully saturated rings. The lowest BCUT2D eigenvalue weighted by Gasteiger charge is -2.22. The van der Waals surface area contributed by atoms with E-state index < -0.39 is 47.3 Å². The van der Waals surface area contributed by atoms with Crippen molar-refractivity contribution in [2.75, 3.05) is 6.61 Å². The molecule has 9 nitrogen and oxygen atoms in total. The van der Waals surface area contributed by atoms with Crippen LogP contribution < -0.4 is 10.6 Å². The second kappa shape index (κ2) is 15.0. The number of carboxylic acids is 1. The van der Waals surface area contributed by atoms with Crippen molar-refractivity contribution in [3.8, 4) is 0 Å². The van der Waals surface area contributed by atoms with Gasteiger partial charge in [0.15, 0.2) is 0 Å². The molecule has 0 radical (unpaired) electrons. The van der Waals surface area contributed by atoms with E-state index >= 15 is 0 Å². The molecule has 0 spiro atoms. The number of aliphatic hydroxyl groups is 1. The van der Waals surface area contributed by atoms with E-state index in [9.17, 15) is 28.3 Å². The Morgan fingerprint density at radius 2 is 1.13 bits per heavy atom. The van der Waals surface area contributed by atoms with E-state index in [2.05, 4.69) is 10.6 Å². The monoisotopic (exact) mass is 552 g/mol. The van der Waals surface area contributed by atoms with Crippen LogP contribution >= 0.6 is 0 Å². The molecule has 0 saturated heterocycles. The number of aliphatic hydroxyl groups excluding tert-OH is 1. The van der Waals surface area contributed by atoms with Crippen LogP contribution in [0, 0.1) is 11.6 Å². The summed E-state index contributed by atoms with van der Waals surface area (Å²) in [7, 11) is 0. The Kier molecular flexibility index (Phi) is 12.8. The van der Waals surface area contributed by atoms with Gasteiger partial charge in [-0.3, -0.25) is 0 Å². The van der Waals surface area contributed by atoms with E-state index in [1.165, 1.54) is 36.4 Å². The Bertz CT molecular complexity index is 1060. The Morgan fingerprint density at radius 3 is 1.49 bits per heavy atom. The first-order valence-corrected chi connectivity index (χ1v) is 12.3. The molecule has 0 aliphatic carbocycles. The van der Waals surface area contributed by atoms with E-state index in [-0.39, 0.29) is 18.8 Å². The standard InChI is InChI=1S/C14H18FNO4.C14H20FNO3/c1-14(2,3)20-13(19)16-11(12(17)18)8-9-4-6-10(15)7-5-9;1-14(2,3)19-13(18)16-12(9-17)8-10-4-6-11(15)7-5-10/h4-7,11H,8H2,1-3H3,(H,16,19)(H,17,18);4-7,12,17H,8-9H2,1-3H3,(H,16,18)/t11-;12-/m00/s1. The van der Waals surface area contributed by atoms with Gasteiger partial charge < -0.3 is 30.3 Å². The molecular formula is C28H38F2N2O7. The number of nitrogens with one attached hydrogen (secondary N) is 2. The second-order valence-electron chi connectivity index (χ2n) is 10.7. The minimum absolute atomic E-state index is 0.0505. The van der Waals surface area contributed by atoms with E-state index in [4.69, 9.17) is 14.6 Å². The third kappa shape index (κ3) is 15.3. The molecule has 2 aromatic carbocycles. The predicted molar refractivity (Wildman–Crippen MR) is 141 cm³/mol. The van der Waals surface area contributed by atoms with Crippen LogP contribution in [-0.4, -0.2) is 58.3 Å². The highest BCUT2D eigenvalue weighted by Crippen LogP contribution is 2.11. The van der Waals surface area contributed by atoms with Gasteiger partial charge in [0.05, 0.1) is 12.6 Å². The Balaban J connectivity index is 0.000000391. The number of carbonyl (C=O) groups excluding carboxylic acids is 2. The molecule has 0 aromatic heterocycles. The Hall–Kier alpha value is -3.73. The molecule has 0 saturated carbocycles. The summed E-state index contributed by atoms with van der Waals surface area (Å²) in [4.78, 5) is 34.3. The van der Waals surface area contributed by atoms with Gasteiger partial charge in [0, 0.05) is 6.42 Å². The molecule has 2 amide bonds. The maximum atomic E-state index is 12.8. The smallest absolute Gasteiger partial charge is 0.408 e. The number of rotatable bonds is 8. The summed E-state index contributed by atoms with van der Waals surface area (Å²) < 4.78 is 35.6. The van der Waals surface area contributed by atoms with Crippen molar-refractivity contribution in [1.29, 1.82) is 0 Å². The number of halogens is 2. The molecule has 11 heteroatoms. The van der Waals surface area contributed by atoms with Gasteiger partial charge in [0.1, 0.15) is 28.9 Å². The number of hydrogen-bond acceptors (Lipinski definition) is 6. The summed E-state index contributed by atoms with van der Waals surface area (Å²) in [5.74, 6) is -1.90. The van der Waals surface area contributed by atoms with Crippen LogP contribution in [0.5, 0.6) is 0 Å². The summed E-state index contributed by atoms with van der Waals surface area (Å²) >= 11 is 0. The summed E-state index contributed by atoms with van der Waals surface area (Å²) in [6.07, 6.45) is -0.911. The van der Waals surface area contributed by atoms with E-state index in [0.717, 1.165) is 5.56 Å². The molecule has 39 heavy (non-hydrogen) atoms. The fourth-order valence-corrected chi connectivity index (χ4v) is 3.05. The van der Waals surface area contributed by atoms with Crippen molar-refractivity contribution in [2.24, 2.45) is 0 Å². The van der Waals surface area contributed by atoms with Crippen LogP contribution in [-0.2, 0) is 27.1 Å². The van der Waals surface area contributed by atoms with Gasteiger partial charge >= 0.3 is 18.2 Å². The first kappa shape index (κ1) is 33.3. The van der Waals surface area contributed by atoms with Crippen molar-refractivity contribution in [3.63, 3.8) is 0 Å². The largest absolute Gasteiger partial charge is 0.480 e. The van der Waals surface area contributed by atoms with Gasteiger partial charge in [-0.15, -0.1) is 0 Å². The highest BCUT2D eigenvalue weighted by atomic mass is 19.1. The lowest BCUT2D eigenvalue weighted by molar-refractivity contribution is -0.139. The van der Waals surface area contributed by atoms with Crippen LogP contribution in [0.1, 0.15) is 52.7 Å². The quantitative estimate of drug-likeness (QED) is 0.376. The minimum Gasteiger partial charge on any atom is -0.480 e. The van der Waals surface area contributed by atoms with Crippen LogP contribution in [0.15, 0.2) is 48.5 Å².